The predicted octanol–water partition coefficient (Wildman–Crippen LogP) is 0.524. The lowest BCUT2D eigenvalue weighted by Crippen LogP contribution is -2.37. The van der Waals surface area contributed by atoms with Crippen molar-refractivity contribution in [2.45, 2.75) is 18.9 Å². The standard InChI is InChI=1S/C11H15N3O.ClH/c15-11(14-10-3-5-13-8-10)6-9-2-1-4-12-7-9;/h1-2,4,7,10,13H,3,5-6,8H2,(H,14,15);1H. The minimum Gasteiger partial charge on any atom is -0.352 e. The molecule has 0 spiro atoms. The Kier molecular flexibility index (Phi) is 5.22. The Labute approximate surface area is 101 Å². The number of nitrogens with zero attached hydrogens (tertiary/aromatic N) is 1. The Morgan fingerprint density at radius 3 is 3.12 bits per heavy atom. The summed E-state index contributed by atoms with van der Waals surface area (Å²) in [4.78, 5) is 15.6. The van der Waals surface area contributed by atoms with Gasteiger partial charge < -0.3 is 10.6 Å². The van der Waals surface area contributed by atoms with Crippen LogP contribution >= 0.6 is 12.4 Å². The molecule has 1 fully saturated rings. The van der Waals surface area contributed by atoms with E-state index >= 15 is 0 Å². The van der Waals surface area contributed by atoms with Gasteiger partial charge in [0, 0.05) is 25.0 Å². The smallest absolute Gasteiger partial charge is 0.224 e. The van der Waals surface area contributed by atoms with Gasteiger partial charge >= 0.3 is 0 Å². The van der Waals surface area contributed by atoms with Crippen LogP contribution in [0.15, 0.2) is 24.5 Å². The molecule has 88 valence electrons. The third-order valence-corrected chi connectivity index (χ3v) is 2.51. The number of rotatable bonds is 3. The second-order valence-corrected chi connectivity index (χ2v) is 3.80. The summed E-state index contributed by atoms with van der Waals surface area (Å²) >= 11 is 0. The van der Waals surface area contributed by atoms with Crippen LogP contribution in [0.5, 0.6) is 0 Å². The summed E-state index contributed by atoms with van der Waals surface area (Å²) < 4.78 is 0. The summed E-state index contributed by atoms with van der Waals surface area (Å²) in [5.41, 5.74) is 0.959. The summed E-state index contributed by atoms with van der Waals surface area (Å²) in [5, 5.41) is 6.21. The normalized spacial score (nSPS) is 18.9. The lowest BCUT2D eigenvalue weighted by molar-refractivity contribution is -0.121. The Balaban J connectivity index is 0.00000128. The average Bonchev–Trinajstić information content (AvgIpc) is 2.71. The first-order valence-corrected chi connectivity index (χ1v) is 5.23. The summed E-state index contributed by atoms with van der Waals surface area (Å²) in [6.07, 6.45) is 4.89. The molecule has 1 saturated heterocycles. The van der Waals surface area contributed by atoms with E-state index < -0.39 is 0 Å². The first kappa shape index (κ1) is 12.9. The molecule has 4 nitrogen and oxygen atoms in total. The molecule has 0 saturated carbocycles. The molecule has 2 heterocycles. The predicted molar refractivity (Wildman–Crippen MR) is 64.6 cm³/mol. The van der Waals surface area contributed by atoms with Gasteiger partial charge in [-0.15, -0.1) is 12.4 Å². The molecule has 1 unspecified atom stereocenters. The molecule has 0 aromatic carbocycles. The third-order valence-electron chi connectivity index (χ3n) is 2.51. The van der Waals surface area contributed by atoms with Crippen molar-refractivity contribution in [2.24, 2.45) is 0 Å². The molecule has 1 amide bonds. The van der Waals surface area contributed by atoms with Gasteiger partial charge in [0.05, 0.1) is 6.42 Å². The summed E-state index contributed by atoms with van der Waals surface area (Å²) in [5.74, 6) is 0.0803. The van der Waals surface area contributed by atoms with Crippen LogP contribution in [-0.4, -0.2) is 30.0 Å². The van der Waals surface area contributed by atoms with Gasteiger partial charge in [-0.05, 0) is 24.6 Å². The maximum absolute atomic E-state index is 11.6. The highest BCUT2D eigenvalue weighted by atomic mass is 35.5. The van der Waals surface area contributed by atoms with E-state index in [2.05, 4.69) is 15.6 Å². The number of aromatic nitrogens is 1. The van der Waals surface area contributed by atoms with Gasteiger partial charge in [0.15, 0.2) is 0 Å². The molecule has 0 radical (unpaired) electrons. The van der Waals surface area contributed by atoms with Crippen molar-refractivity contribution in [2.75, 3.05) is 13.1 Å². The number of hydrogen-bond donors (Lipinski definition) is 2. The molecule has 16 heavy (non-hydrogen) atoms. The van der Waals surface area contributed by atoms with Gasteiger partial charge in [-0.25, -0.2) is 0 Å². The second kappa shape index (κ2) is 6.45. The average molecular weight is 242 g/mol. The fourth-order valence-electron chi connectivity index (χ4n) is 1.74. The maximum Gasteiger partial charge on any atom is 0.224 e. The van der Waals surface area contributed by atoms with Crippen LogP contribution in [0.2, 0.25) is 0 Å². The van der Waals surface area contributed by atoms with Crippen LogP contribution in [0.25, 0.3) is 0 Å². The van der Waals surface area contributed by atoms with Gasteiger partial charge in [-0.3, -0.25) is 9.78 Å². The van der Waals surface area contributed by atoms with E-state index in [0.29, 0.717) is 12.5 Å². The lowest BCUT2D eigenvalue weighted by atomic mass is 10.2. The summed E-state index contributed by atoms with van der Waals surface area (Å²) in [7, 11) is 0. The molecule has 2 rings (SSSR count). The zero-order chi connectivity index (χ0) is 10.5. The number of hydrogen-bond acceptors (Lipinski definition) is 3. The Morgan fingerprint density at radius 1 is 1.62 bits per heavy atom. The molecule has 1 aromatic heterocycles. The minimum atomic E-state index is 0. The number of carbonyl (C=O) groups is 1. The zero-order valence-electron chi connectivity index (χ0n) is 8.98. The SMILES string of the molecule is Cl.O=C(Cc1cccnc1)NC1CCNC1. The van der Waals surface area contributed by atoms with Gasteiger partial charge in [-0.2, -0.15) is 0 Å². The van der Waals surface area contributed by atoms with Crippen LogP contribution in [0.4, 0.5) is 0 Å². The van der Waals surface area contributed by atoms with Gasteiger partial charge in [0.2, 0.25) is 5.91 Å². The van der Waals surface area contributed by atoms with Crippen molar-refractivity contribution in [1.29, 1.82) is 0 Å². The monoisotopic (exact) mass is 241 g/mol. The van der Waals surface area contributed by atoms with Crippen LogP contribution < -0.4 is 10.6 Å². The van der Waals surface area contributed by atoms with Crippen molar-refractivity contribution < 1.29 is 4.79 Å². The van der Waals surface area contributed by atoms with E-state index in [-0.39, 0.29) is 18.3 Å². The Bertz CT molecular complexity index is 325. The summed E-state index contributed by atoms with van der Waals surface area (Å²) in [6.45, 7) is 1.89. The molecular weight excluding hydrogens is 226 g/mol. The van der Waals surface area contributed by atoms with E-state index in [1.54, 1.807) is 12.4 Å². The van der Waals surface area contributed by atoms with Crippen molar-refractivity contribution >= 4 is 18.3 Å². The fraction of sp³-hybridized carbons (Fsp3) is 0.455. The van der Waals surface area contributed by atoms with Crippen molar-refractivity contribution in [1.82, 2.24) is 15.6 Å². The Morgan fingerprint density at radius 2 is 2.50 bits per heavy atom. The Hall–Kier alpha value is -1.13. The third kappa shape index (κ3) is 3.79. The number of carbonyl (C=O) groups excluding carboxylic acids is 1. The molecule has 0 bridgehead atoms. The molecule has 2 N–H and O–H groups in total. The van der Waals surface area contributed by atoms with E-state index in [1.165, 1.54) is 0 Å². The number of amides is 1. The molecule has 1 aromatic rings. The van der Waals surface area contributed by atoms with Crippen molar-refractivity contribution in [3.63, 3.8) is 0 Å². The first-order valence-electron chi connectivity index (χ1n) is 5.23. The fourth-order valence-corrected chi connectivity index (χ4v) is 1.74. The molecule has 5 heteroatoms. The van der Waals surface area contributed by atoms with Crippen molar-refractivity contribution in [3.8, 4) is 0 Å². The molecule has 1 aliphatic rings. The van der Waals surface area contributed by atoms with Crippen LogP contribution in [-0.2, 0) is 11.2 Å². The number of halogens is 1. The van der Waals surface area contributed by atoms with E-state index in [4.69, 9.17) is 0 Å². The number of nitrogens with one attached hydrogen (secondary N) is 2. The number of pyridine rings is 1. The largest absolute Gasteiger partial charge is 0.352 e. The van der Waals surface area contributed by atoms with E-state index in [9.17, 15) is 4.79 Å². The maximum atomic E-state index is 11.6. The molecule has 1 aliphatic heterocycles. The topological polar surface area (TPSA) is 54.0 Å². The molecule has 0 aliphatic carbocycles. The second-order valence-electron chi connectivity index (χ2n) is 3.80. The highest BCUT2D eigenvalue weighted by molar-refractivity contribution is 5.85. The summed E-state index contributed by atoms with van der Waals surface area (Å²) in [6, 6.07) is 4.06. The van der Waals surface area contributed by atoms with E-state index in [1.807, 2.05) is 12.1 Å². The van der Waals surface area contributed by atoms with Crippen LogP contribution in [0.1, 0.15) is 12.0 Å². The zero-order valence-corrected chi connectivity index (χ0v) is 9.80. The van der Waals surface area contributed by atoms with E-state index in [0.717, 1.165) is 25.1 Å². The minimum absolute atomic E-state index is 0. The van der Waals surface area contributed by atoms with Crippen LogP contribution in [0.3, 0.4) is 0 Å². The molecule has 1 atom stereocenters. The highest BCUT2D eigenvalue weighted by Crippen LogP contribution is 2.00. The highest BCUT2D eigenvalue weighted by Gasteiger charge is 2.16. The quantitative estimate of drug-likeness (QED) is 0.812. The van der Waals surface area contributed by atoms with Gasteiger partial charge in [0.1, 0.15) is 0 Å². The van der Waals surface area contributed by atoms with Gasteiger partial charge in [-0.1, -0.05) is 6.07 Å². The molecular formula is C11H16ClN3O. The first-order chi connectivity index (χ1) is 7.34. The van der Waals surface area contributed by atoms with Gasteiger partial charge in [0.25, 0.3) is 0 Å². The van der Waals surface area contributed by atoms with Crippen molar-refractivity contribution in [3.05, 3.63) is 30.1 Å². The van der Waals surface area contributed by atoms with Crippen LogP contribution in [0, 0.1) is 0 Å². The lowest BCUT2D eigenvalue weighted by Gasteiger charge is -2.10.